The maximum absolute atomic E-state index is 12.8. The quantitative estimate of drug-likeness (QED) is 0.434. The number of fused-ring (bicyclic) bond motifs is 5. The highest BCUT2D eigenvalue weighted by Crippen LogP contribution is 2.68. The molecule has 4 aliphatic carbocycles. The molecule has 4 fully saturated rings. The molecule has 0 amide bonds. The highest BCUT2D eigenvalue weighted by Gasteiger charge is 2.63. The van der Waals surface area contributed by atoms with Crippen molar-refractivity contribution in [3.8, 4) is 0 Å². The fourth-order valence-corrected chi connectivity index (χ4v) is 9.31. The lowest BCUT2D eigenvalue weighted by Crippen LogP contribution is -2.60. The van der Waals surface area contributed by atoms with Crippen molar-refractivity contribution in [2.24, 2.45) is 39.9 Å². The molecule has 0 radical (unpaired) electrons. The van der Waals surface area contributed by atoms with Crippen LogP contribution in [0.4, 0.5) is 0 Å². The zero-order valence-electron chi connectivity index (χ0n) is 23.2. The molecule has 200 valence electrons. The van der Waals surface area contributed by atoms with Crippen LogP contribution in [0.15, 0.2) is 30.3 Å². The fraction of sp³-hybridized carbons (Fsp3) is 0.781. The van der Waals surface area contributed by atoms with Crippen LogP contribution < -0.4 is 0 Å². The highest BCUT2D eigenvalue weighted by molar-refractivity contribution is 5.77. The molecule has 0 unspecified atom stereocenters. The molecule has 0 heterocycles. The van der Waals surface area contributed by atoms with Crippen LogP contribution in [0.3, 0.4) is 0 Å². The van der Waals surface area contributed by atoms with Gasteiger partial charge >= 0.3 is 5.97 Å². The first-order chi connectivity index (χ1) is 17.0. The summed E-state index contributed by atoms with van der Waals surface area (Å²) in [5.41, 5.74) is -0.0544. The maximum atomic E-state index is 12.8. The van der Waals surface area contributed by atoms with Gasteiger partial charge in [-0.25, -0.2) is 0 Å². The summed E-state index contributed by atoms with van der Waals surface area (Å²) in [6.45, 7) is 11.7. The lowest BCUT2D eigenvalue weighted by molar-refractivity contribution is -0.200. The van der Waals surface area contributed by atoms with E-state index < -0.39 is 11.0 Å². The Morgan fingerprint density at radius 3 is 2.42 bits per heavy atom. The molecule has 1 aromatic carbocycles. The maximum Gasteiger partial charge on any atom is 0.314 e. The van der Waals surface area contributed by atoms with Crippen LogP contribution in [0.2, 0.25) is 0 Å². The van der Waals surface area contributed by atoms with Crippen molar-refractivity contribution < 1.29 is 19.4 Å². The van der Waals surface area contributed by atoms with Gasteiger partial charge in [0.05, 0.1) is 30.3 Å². The Labute approximate surface area is 218 Å². The van der Waals surface area contributed by atoms with E-state index in [9.17, 15) is 9.90 Å². The third kappa shape index (κ3) is 4.06. The second kappa shape index (κ2) is 9.42. The normalized spacial score (nSPS) is 42.2. The molecule has 0 spiro atoms. The van der Waals surface area contributed by atoms with E-state index in [0.717, 1.165) is 37.2 Å². The van der Waals surface area contributed by atoms with Crippen molar-refractivity contribution in [3.05, 3.63) is 35.9 Å². The van der Waals surface area contributed by atoms with E-state index in [2.05, 4.69) is 44.2 Å². The number of carbonyl (C=O) groups excluding carboxylic acids is 1. The molecule has 0 bridgehead atoms. The minimum Gasteiger partial charge on any atom is -0.465 e. The Balaban J connectivity index is 1.29. The molecule has 4 heteroatoms. The number of esters is 1. The standard InChI is InChI=1S/C32H48O4/c1-6-35-28(33)29(2,3)32(34)19-18-30(4)23(20-32)12-13-24-25-14-15-27(31(25,5)17-16-26(24)30)36-21-22-10-8-7-9-11-22/h7-11,23-27,34H,6,12-21H2,1-5H3/t23-,24+,25+,26-,27-,30+,31+,32+/m0/s1. The van der Waals surface area contributed by atoms with Crippen LogP contribution in [0.25, 0.3) is 0 Å². The predicted octanol–water partition coefficient (Wildman–Crippen LogP) is 6.93. The van der Waals surface area contributed by atoms with Crippen LogP contribution >= 0.6 is 0 Å². The summed E-state index contributed by atoms with van der Waals surface area (Å²) in [5, 5.41) is 11.8. The molecule has 4 nitrogen and oxygen atoms in total. The van der Waals surface area contributed by atoms with Gasteiger partial charge in [-0.15, -0.1) is 0 Å². The molecular weight excluding hydrogens is 448 g/mol. The van der Waals surface area contributed by atoms with Crippen LogP contribution in [-0.4, -0.2) is 29.4 Å². The van der Waals surface area contributed by atoms with E-state index in [4.69, 9.17) is 9.47 Å². The molecule has 0 aromatic heterocycles. The summed E-state index contributed by atoms with van der Waals surface area (Å²) in [7, 11) is 0. The number of aliphatic hydroxyl groups is 1. The molecule has 4 saturated carbocycles. The van der Waals surface area contributed by atoms with Crippen molar-refractivity contribution in [2.75, 3.05) is 6.61 Å². The fourth-order valence-electron chi connectivity index (χ4n) is 9.31. The molecular formula is C32H48O4. The van der Waals surface area contributed by atoms with Gasteiger partial charge in [-0.3, -0.25) is 4.79 Å². The van der Waals surface area contributed by atoms with E-state index in [-0.39, 0.29) is 16.8 Å². The highest BCUT2D eigenvalue weighted by atomic mass is 16.5. The zero-order valence-corrected chi connectivity index (χ0v) is 23.2. The largest absolute Gasteiger partial charge is 0.465 e. The Hall–Kier alpha value is -1.39. The molecule has 1 aromatic rings. The molecule has 5 rings (SSSR count). The van der Waals surface area contributed by atoms with E-state index in [1.807, 2.05) is 20.8 Å². The molecule has 36 heavy (non-hydrogen) atoms. The summed E-state index contributed by atoms with van der Waals surface area (Å²) < 4.78 is 12.0. The van der Waals surface area contributed by atoms with Crippen LogP contribution in [-0.2, 0) is 20.9 Å². The SMILES string of the molecule is CCOC(=O)C(C)(C)[C@@]1(O)CC[C@]2(C)[C@@H](CC[C@@H]3[C@H]4CC[C@H](OCc5ccccc5)[C@]4(C)CC[C@@H]32)C1. The van der Waals surface area contributed by atoms with Gasteiger partial charge in [0.1, 0.15) is 0 Å². The third-order valence-corrected chi connectivity index (χ3v) is 11.9. The van der Waals surface area contributed by atoms with Gasteiger partial charge in [0, 0.05) is 0 Å². The van der Waals surface area contributed by atoms with Crippen LogP contribution in [0, 0.1) is 39.9 Å². The smallest absolute Gasteiger partial charge is 0.314 e. The van der Waals surface area contributed by atoms with Gasteiger partial charge in [0.2, 0.25) is 0 Å². The topological polar surface area (TPSA) is 55.8 Å². The van der Waals surface area contributed by atoms with Gasteiger partial charge in [-0.05, 0) is 119 Å². The van der Waals surface area contributed by atoms with Crippen molar-refractivity contribution in [3.63, 3.8) is 0 Å². The van der Waals surface area contributed by atoms with Gasteiger partial charge in [-0.2, -0.15) is 0 Å². The first-order valence-corrected chi connectivity index (χ1v) is 14.6. The number of rotatable bonds is 6. The van der Waals surface area contributed by atoms with E-state index in [0.29, 0.717) is 25.0 Å². The van der Waals surface area contributed by atoms with Gasteiger partial charge < -0.3 is 14.6 Å². The number of hydrogen-bond donors (Lipinski definition) is 1. The molecule has 1 N–H and O–H groups in total. The lowest BCUT2D eigenvalue weighted by Gasteiger charge is -2.63. The van der Waals surface area contributed by atoms with Crippen molar-refractivity contribution in [1.29, 1.82) is 0 Å². The molecule has 8 atom stereocenters. The van der Waals surface area contributed by atoms with Gasteiger partial charge in [-0.1, -0.05) is 44.2 Å². The summed E-state index contributed by atoms with van der Waals surface area (Å²) in [5.74, 6) is 2.44. The Bertz CT molecular complexity index is 943. The second-order valence-corrected chi connectivity index (χ2v) is 13.6. The van der Waals surface area contributed by atoms with Crippen molar-refractivity contribution in [1.82, 2.24) is 0 Å². The van der Waals surface area contributed by atoms with Crippen molar-refractivity contribution >= 4 is 5.97 Å². The van der Waals surface area contributed by atoms with Crippen LogP contribution in [0.1, 0.15) is 98.0 Å². The summed E-state index contributed by atoms with van der Waals surface area (Å²) >= 11 is 0. The molecule has 0 aliphatic heterocycles. The summed E-state index contributed by atoms with van der Waals surface area (Å²) in [4.78, 5) is 12.8. The number of hydrogen-bond acceptors (Lipinski definition) is 4. The average molecular weight is 497 g/mol. The first-order valence-electron chi connectivity index (χ1n) is 14.6. The average Bonchev–Trinajstić information content (AvgIpc) is 3.20. The van der Waals surface area contributed by atoms with E-state index in [1.165, 1.54) is 44.1 Å². The Morgan fingerprint density at radius 2 is 1.69 bits per heavy atom. The summed E-state index contributed by atoms with van der Waals surface area (Å²) in [6, 6.07) is 10.6. The minimum atomic E-state index is -0.983. The van der Waals surface area contributed by atoms with E-state index in [1.54, 1.807) is 0 Å². The first kappa shape index (κ1) is 26.2. The van der Waals surface area contributed by atoms with Crippen LogP contribution in [0.5, 0.6) is 0 Å². The summed E-state index contributed by atoms with van der Waals surface area (Å²) in [6.07, 6.45) is 10.2. The lowest BCUT2D eigenvalue weighted by atomic mass is 9.43. The number of ether oxygens (including phenoxy) is 2. The van der Waals surface area contributed by atoms with Gasteiger partial charge in [0.15, 0.2) is 0 Å². The monoisotopic (exact) mass is 496 g/mol. The van der Waals surface area contributed by atoms with Crippen molar-refractivity contribution in [2.45, 2.75) is 111 Å². The third-order valence-electron chi connectivity index (χ3n) is 11.9. The minimum absolute atomic E-state index is 0.254. The Morgan fingerprint density at radius 1 is 0.972 bits per heavy atom. The second-order valence-electron chi connectivity index (χ2n) is 13.6. The number of benzene rings is 1. The Kier molecular flexibility index (Phi) is 6.86. The zero-order chi connectivity index (χ0) is 25.8. The predicted molar refractivity (Wildman–Crippen MR) is 142 cm³/mol. The molecule has 0 saturated heterocycles. The van der Waals surface area contributed by atoms with E-state index >= 15 is 0 Å². The molecule has 4 aliphatic rings. The van der Waals surface area contributed by atoms with Gasteiger partial charge in [0.25, 0.3) is 0 Å². The number of carbonyl (C=O) groups is 1.